The molecule has 0 saturated carbocycles. The summed E-state index contributed by atoms with van der Waals surface area (Å²) < 4.78 is 10.6. The quantitative estimate of drug-likeness (QED) is 0.327. The Morgan fingerprint density at radius 2 is 1.88 bits per heavy atom. The molecule has 2 atom stereocenters. The molecule has 0 bridgehead atoms. The molecule has 1 aromatic rings. The summed E-state index contributed by atoms with van der Waals surface area (Å²) in [6, 6.07) is 5.88. The summed E-state index contributed by atoms with van der Waals surface area (Å²) in [5, 5.41) is 10.6. The Labute approximate surface area is 149 Å². The molecule has 1 aliphatic rings. The Balaban J connectivity index is 1.73. The SMILES string of the molecule is CC1CN(C(=O)COC(=O)CSc2ccc([N+](=O)[O-])cc2)CC(C)O1. The second kappa shape index (κ2) is 8.82. The van der Waals surface area contributed by atoms with Crippen molar-refractivity contribution in [1.82, 2.24) is 4.90 Å². The molecule has 0 N–H and O–H groups in total. The van der Waals surface area contributed by atoms with Crippen LogP contribution in [0.3, 0.4) is 0 Å². The molecule has 2 unspecified atom stereocenters. The largest absolute Gasteiger partial charge is 0.455 e. The summed E-state index contributed by atoms with van der Waals surface area (Å²) in [5.41, 5.74) is -0.00788. The van der Waals surface area contributed by atoms with E-state index in [0.29, 0.717) is 18.0 Å². The molecule has 8 nitrogen and oxygen atoms in total. The first kappa shape index (κ1) is 19.2. The van der Waals surface area contributed by atoms with E-state index in [4.69, 9.17) is 9.47 Å². The fourth-order valence-electron chi connectivity index (χ4n) is 2.46. The Kier molecular flexibility index (Phi) is 6.77. The number of amides is 1. The van der Waals surface area contributed by atoms with Gasteiger partial charge in [-0.2, -0.15) is 0 Å². The van der Waals surface area contributed by atoms with E-state index in [1.54, 1.807) is 17.0 Å². The zero-order valence-corrected chi connectivity index (χ0v) is 14.9. The van der Waals surface area contributed by atoms with E-state index in [0.717, 1.165) is 0 Å². The van der Waals surface area contributed by atoms with Crippen molar-refractivity contribution in [3.05, 3.63) is 34.4 Å². The number of morpholine rings is 1. The van der Waals surface area contributed by atoms with Crippen molar-refractivity contribution in [2.75, 3.05) is 25.4 Å². The van der Waals surface area contributed by atoms with E-state index >= 15 is 0 Å². The molecule has 0 spiro atoms. The lowest BCUT2D eigenvalue weighted by molar-refractivity contribution is -0.384. The number of nitrogens with zero attached hydrogens (tertiary/aromatic N) is 2. The van der Waals surface area contributed by atoms with Gasteiger partial charge in [0.1, 0.15) is 0 Å². The first-order valence-corrected chi connectivity index (χ1v) is 8.80. The van der Waals surface area contributed by atoms with Gasteiger partial charge in [0, 0.05) is 30.1 Å². The topological polar surface area (TPSA) is 99.0 Å². The lowest BCUT2D eigenvalue weighted by Crippen LogP contribution is -2.49. The minimum absolute atomic E-state index is 0.00788. The highest BCUT2D eigenvalue weighted by molar-refractivity contribution is 8.00. The van der Waals surface area contributed by atoms with Gasteiger partial charge >= 0.3 is 5.97 Å². The highest BCUT2D eigenvalue weighted by Crippen LogP contribution is 2.21. The number of nitro groups is 1. The molecule has 0 aliphatic carbocycles. The Morgan fingerprint density at radius 1 is 1.28 bits per heavy atom. The number of ether oxygens (including phenoxy) is 2. The maximum absolute atomic E-state index is 12.1. The summed E-state index contributed by atoms with van der Waals surface area (Å²) >= 11 is 1.19. The van der Waals surface area contributed by atoms with Crippen LogP contribution < -0.4 is 0 Å². The first-order chi connectivity index (χ1) is 11.8. The van der Waals surface area contributed by atoms with Gasteiger partial charge in [0.2, 0.25) is 0 Å². The van der Waals surface area contributed by atoms with Gasteiger partial charge in [-0.3, -0.25) is 19.7 Å². The van der Waals surface area contributed by atoms with Crippen LogP contribution in [-0.2, 0) is 19.1 Å². The second-order valence-corrected chi connectivity index (χ2v) is 6.81. The summed E-state index contributed by atoms with van der Waals surface area (Å²) in [4.78, 5) is 36.3. The molecule has 1 heterocycles. The highest BCUT2D eigenvalue weighted by Gasteiger charge is 2.26. The molecule has 9 heteroatoms. The van der Waals surface area contributed by atoms with Crippen LogP contribution in [0, 0.1) is 10.1 Å². The van der Waals surface area contributed by atoms with Gasteiger partial charge in [-0.1, -0.05) is 0 Å². The third-order valence-electron chi connectivity index (χ3n) is 3.53. The molecule has 25 heavy (non-hydrogen) atoms. The molecule has 1 aliphatic heterocycles. The minimum atomic E-state index is -0.508. The van der Waals surface area contributed by atoms with Gasteiger partial charge < -0.3 is 14.4 Å². The number of carbonyl (C=O) groups excluding carboxylic acids is 2. The average molecular weight is 368 g/mol. The second-order valence-electron chi connectivity index (χ2n) is 5.76. The lowest BCUT2D eigenvalue weighted by Gasteiger charge is -2.35. The number of hydrogen-bond acceptors (Lipinski definition) is 7. The lowest BCUT2D eigenvalue weighted by atomic mass is 10.2. The van der Waals surface area contributed by atoms with Crippen LogP contribution in [0.2, 0.25) is 0 Å². The van der Waals surface area contributed by atoms with Crippen LogP contribution in [0.4, 0.5) is 5.69 Å². The van der Waals surface area contributed by atoms with Crippen molar-refractivity contribution in [3.8, 4) is 0 Å². The maximum atomic E-state index is 12.1. The Bertz CT molecular complexity index is 626. The molecule has 0 radical (unpaired) electrons. The molecule has 2 rings (SSSR count). The van der Waals surface area contributed by atoms with Gasteiger partial charge in [-0.25, -0.2) is 0 Å². The van der Waals surface area contributed by atoms with Crippen LogP contribution in [-0.4, -0.2) is 59.4 Å². The molecule has 1 amide bonds. The van der Waals surface area contributed by atoms with Gasteiger partial charge in [0.05, 0.1) is 22.9 Å². The number of rotatable bonds is 6. The number of non-ortho nitro benzene ring substituents is 1. The standard InChI is InChI=1S/C16H20N2O6S/c1-11-7-17(8-12(2)24-11)15(19)9-23-16(20)10-25-14-5-3-13(4-6-14)18(21)22/h3-6,11-12H,7-10H2,1-2H3. The van der Waals surface area contributed by atoms with Crippen LogP contribution in [0.1, 0.15) is 13.8 Å². The molecular weight excluding hydrogens is 348 g/mol. The summed E-state index contributed by atoms with van der Waals surface area (Å²) in [7, 11) is 0. The molecule has 0 aromatic heterocycles. The summed E-state index contributed by atoms with van der Waals surface area (Å²) in [6.45, 7) is 4.46. The fraction of sp³-hybridized carbons (Fsp3) is 0.500. The summed E-state index contributed by atoms with van der Waals surface area (Å²) in [6.07, 6.45) is -0.0813. The fourth-order valence-corrected chi connectivity index (χ4v) is 3.16. The van der Waals surface area contributed by atoms with E-state index < -0.39 is 10.9 Å². The van der Waals surface area contributed by atoms with Gasteiger partial charge in [-0.05, 0) is 26.0 Å². The minimum Gasteiger partial charge on any atom is -0.455 e. The molecule has 136 valence electrons. The number of thioether (sulfide) groups is 1. The number of hydrogen-bond donors (Lipinski definition) is 0. The number of nitro benzene ring substituents is 1. The number of carbonyl (C=O) groups is 2. The first-order valence-electron chi connectivity index (χ1n) is 7.81. The van der Waals surface area contributed by atoms with Crippen molar-refractivity contribution >= 4 is 29.3 Å². The summed E-state index contributed by atoms with van der Waals surface area (Å²) in [5.74, 6) is -0.720. The average Bonchev–Trinajstić information content (AvgIpc) is 2.57. The monoisotopic (exact) mass is 368 g/mol. The maximum Gasteiger partial charge on any atom is 0.316 e. The van der Waals surface area contributed by atoms with Crippen molar-refractivity contribution in [2.45, 2.75) is 31.0 Å². The van der Waals surface area contributed by atoms with Crippen molar-refractivity contribution in [3.63, 3.8) is 0 Å². The highest BCUT2D eigenvalue weighted by atomic mass is 32.2. The molecular formula is C16H20N2O6S. The predicted octanol–water partition coefficient (Wildman–Crippen LogP) is 1.87. The normalized spacial score (nSPS) is 20.2. The van der Waals surface area contributed by atoms with Crippen LogP contribution in [0.25, 0.3) is 0 Å². The van der Waals surface area contributed by atoms with E-state index in [-0.39, 0.29) is 36.2 Å². The van der Waals surface area contributed by atoms with E-state index in [2.05, 4.69) is 0 Å². The van der Waals surface area contributed by atoms with E-state index in [1.807, 2.05) is 13.8 Å². The van der Waals surface area contributed by atoms with Gasteiger partial charge in [-0.15, -0.1) is 11.8 Å². The third kappa shape index (κ3) is 6.02. The van der Waals surface area contributed by atoms with Gasteiger partial charge in [0.15, 0.2) is 6.61 Å². The predicted molar refractivity (Wildman–Crippen MR) is 91.4 cm³/mol. The smallest absolute Gasteiger partial charge is 0.316 e. The van der Waals surface area contributed by atoms with Crippen molar-refractivity contribution < 1.29 is 24.0 Å². The molecule has 1 aromatic carbocycles. The van der Waals surface area contributed by atoms with Crippen LogP contribution >= 0.6 is 11.8 Å². The van der Waals surface area contributed by atoms with E-state index in [9.17, 15) is 19.7 Å². The third-order valence-corrected chi connectivity index (χ3v) is 4.52. The van der Waals surface area contributed by atoms with E-state index in [1.165, 1.54) is 23.9 Å². The molecule has 1 fully saturated rings. The zero-order valence-electron chi connectivity index (χ0n) is 14.0. The Morgan fingerprint density at radius 3 is 2.44 bits per heavy atom. The number of esters is 1. The molecule has 1 saturated heterocycles. The van der Waals surface area contributed by atoms with Crippen molar-refractivity contribution in [2.24, 2.45) is 0 Å². The zero-order chi connectivity index (χ0) is 18.4. The number of benzene rings is 1. The Hall–Kier alpha value is -2.13. The van der Waals surface area contributed by atoms with Crippen LogP contribution in [0.15, 0.2) is 29.2 Å². The van der Waals surface area contributed by atoms with Gasteiger partial charge in [0.25, 0.3) is 11.6 Å². The van der Waals surface area contributed by atoms with Crippen molar-refractivity contribution in [1.29, 1.82) is 0 Å². The van der Waals surface area contributed by atoms with Crippen LogP contribution in [0.5, 0.6) is 0 Å².